The highest BCUT2D eigenvalue weighted by molar-refractivity contribution is 7.14. The number of methoxy groups -OCH3 is 1. The second kappa shape index (κ2) is 7.69. The van der Waals surface area contributed by atoms with Crippen LogP contribution in [-0.4, -0.2) is 24.8 Å². The molecule has 1 N–H and O–H groups in total. The zero-order chi connectivity index (χ0) is 16.8. The quantitative estimate of drug-likeness (QED) is 0.650. The van der Waals surface area contributed by atoms with Gasteiger partial charge in [0.05, 0.1) is 23.2 Å². The van der Waals surface area contributed by atoms with Gasteiger partial charge in [-0.1, -0.05) is 12.1 Å². The van der Waals surface area contributed by atoms with Gasteiger partial charge in [0, 0.05) is 17.7 Å². The number of ketones is 1. The van der Waals surface area contributed by atoms with Gasteiger partial charge in [-0.25, -0.2) is 4.79 Å². The first kappa shape index (κ1) is 16.9. The Morgan fingerprint density at radius 1 is 1.09 bits per heavy atom. The van der Waals surface area contributed by atoms with Crippen molar-refractivity contribution in [1.82, 2.24) is 0 Å². The van der Waals surface area contributed by atoms with Gasteiger partial charge in [0.1, 0.15) is 0 Å². The number of thiophene rings is 1. The van der Waals surface area contributed by atoms with Gasteiger partial charge in [-0.3, -0.25) is 9.59 Å². The third-order valence-corrected chi connectivity index (χ3v) is 4.24. The highest BCUT2D eigenvalue weighted by atomic mass is 32.1. The number of hydrogen-bond donors (Lipinski definition) is 1. The number of Topliss-reactive ketones (excluding diaryl/α,β-unsaturated/α-hetero) is 1. The van der Waals surface area contributed by atoms with Gasteiger partial charge in [0.2, 0.25) is 5.91 Å². The molecule has 0 spiro atoms. The third-order valence-electron chi connectivity index (χ3n) is 3.20. The lowest BCUT2D eigenvalue weighted by atomic mass is 10.1. The summed E-state index contributed by atoms with van der Waals surface area (Å²) in [6.07, 6.45) is 0.192. The van der Waals surface area contributed by atoms with Crippen molar-refractivity contribution in [3.8, 4) is 0 Å². The maximum absolute atomic E-state index is 12.0. The second-order valence-electron chi connectivity index (χ2n) is 4.92. The molecule has 0 aliphatic rings. The number of amides is 1. The average molecular weight is 331 g/mol. The molecule has 0 unspecified atom stereocenters. The molecule has 0 aliphatic heterocycles. The molecule has 0 saturated heterocycles. The summed E-state index contributed by atoms with van der Waals surface area (Å²) in [5.74, 6) is -0.895. The van der Waals surface area contributed by atoms with Crippen LogP contribution in [0, 0.1) is 6.92 Å². The molecule has 2 rings (SSSR count). The van der Waals surface area contributed by atoms with E-state index in [2.05, 4.69) is 10.1 Å². The molecule has 0 atom stereocenters. The average Bonchev–Trinajstić information content (AvgIpc) is 2.99. The van der Waals surface area contributed by atoms with E-state index in [1.807, 2.05) is 13.0 Å². The van der Waals surface area contributed by atoms with Crippen LogP contribution in [0.15, 0.2) is 36.4 Å². The summed E-state index contributed by atoms with van der Waals surface area (Å²) in [6, 6.07) is 10.2. The maximum Gasteiger partial charge on any atom is 0.339 e. The van der Waals surface area contributed by atoms with Crippen LogP contribution < -0.4 is 5.32 Å². The van der Waals surface area contributed by atoms with Gasteiger partial charge in [-0.05, 0) is 31.2 Å². The molecule has 5 nitrogen and oxygen atoms in total. The first-order valence-electron chi connectivity index (χ1n) is 7.08. The zero-order valence-electron chi connectivity index (χ0n) is 12.9. The molecule has 0 aliphatic carbocycles. The summed E-state index contributed by atoms with van der Waals surface area (Å²) in [4.78, 5) is 37.4. The number of carbonyl (C=O) groups is 3. The predicted octanol–water partition coefficient (Wildman–Crippen LogP) is 3.44. The number of carbonyl (C=O) groups excluding carboxylic acids is 3. The number of benzene rings is 1. The summed E-state index contributed by atoms with van der Waals surface area (Å²) in [5, 5.41) is 2.65. The molecule has 2 aromatic rings. The fourth-order valence-corrected chi connectivity index (χ4v) is 2.86. The summed E-state index contributed by atoms with van der Waals surface area (Å²) in [5.41, 5.74) is 0.660. The van der Waals surface area contributed by atoms with Crippen molar-refractivity contribution < 1.29 is 19.1 Å². The van der Waals surface area contributed by atoms with E-state index in [0.717, 1.165) is 4.88 Å². The fourth-order valence-electron chi connectivity index (χ4n) is 2.03. The van der Waals surface area contributed by atoms with Crippen LogP contribution in [0.3, 0.4) is 0 Å². The van der Waals surface area contributed by atoms with Gasteiger partial charge >= 0.3 is 5.97 Å². The van der Waals surface area contributed by atoms with E-state index in [9.17, 15) is 14.4 Å². The molecular weight excluding hydrogens is 314 g/mol. The Morgan fingerprint density at radius 3 is 2.48 bits per heavy atom. The largest absolute Gasteiger partial charge is 0.465 e. The number of rotatable bonds is 6. The first-order valence-corrected chi connectivity index (χ1v) is 7.89. The number of hydrogen-bond acceptors (Lipinski definition) is 5. The normalized spacial score (nSPS) is 10.2. The fraction of sp³-hybridized carbons (Fsp3) is 0.235. The number of nitrogens with one attached hydrogen (secondary N) is 1. The molecule has 1 amide bonds. The Hall–Kier alpha value is -2.47. The molecule has 1 heterocycles. The van der Waals surface area contributed by atoms with Gasteiger partial charge < -0.3 is 10.1 Å². The van der Waals surface area contributed by atoms with E-state index in [0.29, 0.717) is 10.6 Å². The molecular formula is C17H17NO4S. The van der Waals surface area contributed by atoms with E-state index < -0.39 is 5.97 Å². The number of anilines is 1. The van der Waals surface area contributed by atoms with Crippen LogP contribution in [0.25, 0.3) is 0 Å². The molecule has 23 heavy (non-hydrogen) atoms. The SMILES string of the molecule is COC(=O)c1ccccc1NC(=O)CCC(=O)c1ccc(C)s1. The Morgan fingerprint density at radius 2 is 1.83 bits per heavy atom. The Labute approximate surface area is 138 Å². The molecule has 6 heteroatoms. The second-order valence-corrected chi connectivity index (χ2v) is 6.21. The highest BCUT2D eigenvalue weighted by Crippen LogP contribution is 2.19. The van der Waals surface area contributed by atoms with Crippen molar-refractivity contribution in [1.29, 1.82) is 0 Å². The molecule has 120 valence electrons. The van der Waals surface area contributed by atoms with Crippen molar-refractivity contribution in [2.45, 2.75) is 19.8 Å². The molecule has 1 aromatic carbocycles. The minimum absolute atomic E-state index is 0.0560. The molecule has 1 aromatic heterocycles. The predicted molar refractivity (Wildman–Crippen MR) is 89.0 cm³/mol. The van der Waals surface area contributed by atoms with Crippen LogP contribution in [-0.2, 0) is 9.53 Å². The summed E-state index contributed by atoms with van der Waals surface area (Å²) in [6.45, 7) is 1.93. The van der Waals surface area contributed by atoms with Gasteiger partial charge in [-0.2, -0.15) is 0 Å². The van der Waals surface area contributed by atoms with Crippen molar-refractivity contribution in [2.75, 3.05) is 12.4 Å². The monoisotopic (exact) mass is 331 g/mol. The van der Waals surface area contributed by atoms with E-state index in [4.69, 9.17) is 0 Å². The number of esters is 1. The van der Waals surface area contributed by atoms with Gasteiger partial charge in [-0.15, -0.1) is 11.3 Å². The van der Waals surface area contributed by atoms with Gasteiger partial charge in [0.25, 0.3) is 0 Å². The van der Waals surface area contributed by atoms with Crippen LogP contribution in [0.1, 0.15) is 37.7 Å². The van der Waals surface area contributed by atoms with E-state index in [-0.39, 0.29) is 30.1 Å². The van der Waals surface area contributed by atoms with E-state index in [1.54, 1.807) is 30.3 Å². The van der Waals surface area contributed by atoms with Crippen LogP contribution in [0.2, 0.25) is 0 Å². The standard InChI is InChI=1S/C17H17NO4S/c1-11-7-9-15(23-11)14(19)8-10-16(20)18-13-6-4-3-5-12(13)17(21)22-2/h3-7,9H,8,10H2,1-2H3,(H,18,20). The third kappa shape index (κ3) is 4.50. The first-order chi connectivity index (χ1) is 11.0. The van der Waals surface area contributed by atoms with Gasteiger partial charge in [0.15, 0.2) is 5.78 Å². The van der Waals surface area contributed by atoms with Crippen molar-refractivity contribution in [3.05, 3.63) is 51.7 Å². The Balaban J connectivity index is 1.95. The lowest BCUT2D eigenvalue weighted by Crippen LogP contribution is -2.16. The van der Waals surface area contributed by atoms with Crippen LogP contribution in [0.4, 0.5) is 5.69 Å². The highest BCUT2D eigenvalue weighted by Gasteiger charge is 2.15. The van der Waals surface area contributed by atoms with Crippen molar-refractivity contribution in [2.24, 2.45) is 0 Å². The summed E-state index contributed by atoms with van der Waals surface area (Å²) >= 11 is 1.42. The summed E-state index contributed by atoms with van der Waals surface area (Å²) < 4.78 is 4.67. The minimum Gasteiger partial charge on any atom is -0.465 e. The number of aryl methyl sites for hydroxylation is 1. The number of ether oxygens (including phenoxy) is 1. The Bertz CT molecular complexity index is 736. The zero-order valence-corrected chi connectivity index (χ0v) is 13.7. The topological polar surface area (TPSA) is 72.5 Å². The van der Waals surface area contributed by atoms with Crippen LogP contribution in [0.5, 0.6) is 0 Å². The molecule has 0 saturated carbocycles. The lowest BCUT2D eigenvalue weighted by molar-refractivity contribution is -0.116. The summed E-state index contributed by atoms with van der Waals surface area (Å²) in [7, 11) is 1.28. The lowest BCUT2D eigenvalue weighted by Gasteiger charge is -2.09. The van der Waals surface area contributed by atoms with Crippen molar-refractivity contribution in [3.63, 3.8) is 0 Å². The maximum atomic E-state index is 12.0. The molecule has 0 fully saturated rings. The molecule has 0 radical (unpaired) electrons. The molecule has 0 bridgehead atoms. The minimum atomic E-state index is -0.522. The van der Waals surface area contributed by atoms with Crippen LogP contribution >= 0.6 is 11.3 Å². The smallest absolute Gasteiger partial charge is 0.339 e. The van der Waals surface area contributed by atoms with Crippen molar-refractivity contribution >= 4 is 34.7 Å². The number of para-hydroxylation sites is 1. The Kier molecular flexibility index (Phi) is 5.65. The van der Waals surface area contributed by atoms with E-state index in [1.165, 1.54) is 18.4 Å². The van der Waals surface area contributed by atoms with E-state index >= 15 is 0 Å².